The highest BCUT2D eigenvalue weighted by molar-refractivity contribution is 8.30. The Bertz CT molecular complexity index is 1350. The van der Waals surface area contributed by atoms with Crippen molar-refractivity contribution in [3.63, 3.8) is 0 Å². The molecule has 4 rings (SSSR count). The lowest BCUT2D eigenvalue weighted by Gasteiger charge is -2.17. The fraction of sp³-hybridized carbons (Fsp3) is 0.286. The summed E-state index contributed by atoms with van der Waals surface area (Å²) in [6, 6.07) is 13.3. The highest BCUT2D eigenvalue weighted by Gasteiger charge is 2.43. The summed E-state index contributed by atoms with van der Waals surface area (Å²) in [4.78, 5) is 55.4. The second-order valence-electron chi connectivity index (χ2n) is 9.34. The van der Waals surface area contributed by atoms with Gasteiger partial charge in [0.15, 0.2) is 8.64 Å². The Balaban J connectivity index is 1.60. The Morgan fingerprint density at radius 3 is 1.48 bits per heavy atom. The van der Waals surface area contributed by atoms with Crippen LogP contribution in [0.1, 0.15) is 61.3 Å². The first-order valence-electron chi connectivity index (χ1n) is 12.7. The van der Waals surface area contributed by atoms with Gasteiger partial charge in [0.25, 0.3) is 23.6 Å². The van der Waals surface area contributed by atoms with Gasteiger partial charge in [0.1, 0.15) is 0 Å². The number of hydrogen-bond acceptors (Lipinski definition) is 8. The number of benzene rings is 2. The van der Waals surface area contributed by atoms with Crippen LogP contribution in [-0.2, 0) is 9.59 Å². The molecule has 2 aromatic carbocycles. The number of rotatable bonds is 8. The van der Waals surface area contributed by atoms with E-state index in [9.17, 15) is 19.2 Å². The Hall–Kier alpha value is -3.06. The molecule has 2 heterocycles. The molecule has 2 atom stereocenters. The van der Waals surface area contributed by atoms with Crippen molar-refractivity contribution in [1.29, 1.82) is 0 Å². The number of nitrogens with zero attached hydrogens (tertiary/aromatic N) is 2. The normalized spacial score (nSPS) is 18.8. The van der Waals surface area contributed by atoms with Crippen LogP contribution in [0.4, 0.5) is 11.4 Å². The Morgan fingerprint density at radius 1 is 0.750 bits per heavy atom. The van der Waals surface area contributed by atoms with E-state index >= 15 is 0 Å². The van der Waals surface area contributed by atoms with Crippen LogP contribution in [0.5, 0.6) is 0 Å². The molecular formula is C28H28N4O4S4. The van der Waals surface area contributed by atoms with Crippen molar-refractivity contribution in [2.75, 3.05) is 9.80 Å². The number of thioether (sulfide) groups is 2. The van der Waals surface area contributed by atoms with Crippen LogP contribution >= 0.6 is 48.0 Å². The van der Waals surface area contributed by atoms with Crippen LogP contribution in [-0.4, -0.2) is 44.4 Å². The van der Waals surface area contributed by atoms with E-state index in [2.05, 4.69) is 10.6 Å². The maximum atomic E-state index is 13.6. The van der Waals surface area contributed by atoms with E-state index in [0.29, 0.717) is 22.5 Å². The first kappa shape index (κ1) is 29.9. The molecule has 40 heavy (non-hydrogen) atoms. The monoisotopic (exact) mass is 612 g/mol. The maximum absolute atomic E-state index is 13.6. The molecule has 2 unspecified atom stereocenters. The van der Waals surface area contributed by atoms with Gasteiger partial charge in [-0.15, -0.1) is 0 Å². The molecule has 2 aliphatic heterocycles. The zero-order valence-electron chi connectivity index (χ0n) is 22.3. The van der Waals surface area contributed by atoms with Crippen LogP contribution in [0.25, 0.3) is 0 Å². The molecule has 0 aliphatic carbocycles. The van der Waals surface area contributed by atoms with E-state index in [1.54, 1.807) is 48.5 Å². The molecule has 0 saturated carbocycles. The molecule has 208 valence electrons. The lowest BCUT2D eigenvalue weighted by Crippen LogP contribution is -2.33. The summed E-state index contributed by atoms with van der Waals surface area (Å²) in [5.41, 5.74) is 1.67. The maximum Gasteiger partial charge on any atom is 0.272 e. The minimum absolute atomic E-state index is 0.00436. The summed E-state index contributed by atoms with van der Waals surface area (Å²) in [6.45, 7) is 7.78. The molecule has 12 heteroatoms. The van der Waals surface area contributed by atoms with Gasteiger partial charge in [-0.05, 0) is 63.1 Å². The van der Waals surface area contributed by atoms with Gasteiger partial charge in [0.05, 0.1) is 21.2 Å². The molecule has 0 bridgehead atoms. The SMILES string of the molecule is CCC(C)NC(=O)c1cccc(N2C(=O)/C(=C3\SC(=S)N(c4cccc(C(=O)NC(C)CC)c4)C3=O)SC2=S)c1. The number of carbonyl (C=O) groups excluding carboxylic acids is 4. The number of amides is 4. The van der Waals surface area contributed by atoms with E-state index < -0.39 is 11.8 Å². The van der Waals surface area contributed by atoms with E-state index in [0.717, 1.165) is 36.4 Å². The first-order valence-corrected chi connectivity index (χ1v) is 15.2. The van der Waals surface area contributed by atoms with E-state index in [4.69, 9.17) is 24.4 Å². The smallest absolute Gasteiger partial charge is 0.272 e. The number of carbonyl (C=O) groups is 4. The molecule has 2 fully saturated rings. The molecule has 8 nitrogen and oxygen atoms in total. The highest BCUT2D eigenvalue weighted by atomic mass is 32.2. The third kappa shape index (κ3) is 6.14. The second-order valence-corrected chi connectivity index (χ2v) is 12.6. The summed E-state index contributed by atoms with van der Waals surface area (Å²) in [6.07, 6.45) is 1.57. The summed E-state index contributed by atoms with van der Waals surface area (Å²) >= 11 is 13.1. The molecule has 2 saturated heterocycles. The number of hydrogen-bond donors (Lipinski definition) is 2. The molecule has 2 aliphatic rings. The van der Waals surface area contributed by atoms with Gasteiger partial charge < -0.3 is 10.6 Å². The lowest BCUT2D eigenvalue weighted by molar-refractivity contribution is -0.115. The molecule has 0 spiro atoms. The molecule has 2 N–H and O–H groups in total. The van der Waals surface area contributed by atoms with Crippen LogP contribution in [0.3, 0.4) is 0 Å². The van der Waals surface area contributed by atoms with Gasteiger partial charge >= 0.3 is 0 Å². The van der Waals surface area contributed by atoms with Crippen molar-refractivity contribution < 1.29 is 19.2 Å². The van der Waals surface area contributed by atoms with E-state index in [1.165, 1.54) is 9.80 Å². The van der Waals surface area contributed by atoms with Crippen LogP contribution < -0.4 is 20.4 Å². The van der Waals surface area contributed by atoms with Crippen LogP contribution in [0.2, 0.25) is 0 Å². The van der Waals surface area contributed by atoms with Gasteiger partial charge in [0.2, 0.25) is 0 Å². The van der Waals surface area contributed by atoms with Gasteiger partial charge in [-0.25, -0.2) is 0 Å². The minimum Gasteiger partial charge on any atom is -0.350 e. The quantitative estimate of drug-likeness (QED) is 0.303. The van der Waals surface area contributed by atoms with E-state index in [1.807, 2.05) is 27.7 Å². The standard InChI is InChI=1S/C28H28N4O4S4/c1-5-15(3)29-23(33)17-9-7-11-19(13-17)31-25(35)21(39-27(31)37)22-26(36)32(28(38)40-22)20-12-8-10-18(14-20)24(34)30-16(4)6-2/h7-16H,5-6H2,1-4H3,(H,29,33)(H,30,34)/b22-21+. The van der Waals surface area contributed by atoms with Gasteiger partial charge in [-0.1, -0.05) is 73.9 Å². The highest BCUT2D eigenvalue weighted by Crippen LogP contribution is 2.44. The average Bonchev–Trinajstić information content (AvgIpc) is 3.41. The largest absolute Gasteiger partial charge is 0.350 e. The molecule has 0 aromatic heterocycles. The molecular weight excluding hydrogens is 585 g/mol. The Morgan fingerprint density at radius 2 is 1.12 bits per heavy atom. The Kier molecular flexibility index (Phi) is 9.44. The summed E-state index contributed by atoms with van der Waals surface area (Å²) in [5, 5.41) is 5.82. The third-order valence-corrected chi connectivity index (χ3v) is 9.33. The summed E-state index contributed by atoms with van der Waals surface area (Å²) in [7, 11) is 0. The third-order valence-electron chi connectivity index (χ3n) is 6.46. The average molecular weight is 613 g/mol. The predicted octanol–water partition coefficient (Wildman–Crippen LogP) is 5.38. The van der Waals surface area contributed by atoms with Gasteiger partial charge in [0, 0.05) is 23.2 Å². The van der Waals surface area contributed by atoms with Gasteiger partial charge in [-0.3, -0.25) is 29.0 Å². The first-order chi connectivity index (χ1) is 19.0. The topological polar surface area (TPSA) is 98.8 Å². The zero-order valence-corrected chi connectivity index (χ0v) is 25.6. The minimum atomic E-state index is -0.461. The Labute approximate surface area is 252 Å². The second kappa shape index (κ2) is 12.6. The van der Waals surface area contributed by atoms with Gasteiger partial charge in [-0.2, -0.15) is 0 Å². The van der Waals surface area contributed by atoms with Crippen LogP contribution in [0, 0.1) is 0 Å². The van der Waals surface area contributed by atoms with Crippen molar-refractivity contribution >= 4 is 91.6 Å². The van der Waals surface area contributed by atoms with Crippen molar-refractivity contribution in [1.82, 2.24) is 10.6 Å². The van der Waals surface area contributed by atoms with Crippen molar-refractivity contribution in [3.05, 3.63) is 69.5 Å². The summed E-state index contributed by atoms with van der Waals surface area (Å²) < 4.78 is 0.488. The number of anilines is 2. The molecule has 4 amide bonds. The zero-order chi connectivity index (χ0) is 29.1. The molecule has 0 radical (unpaired) electrons. The number of nitrogens with one attached hydrogen (secondary N) is 2. The summed E-state index contributed by atoms with van der Waals surface area (Å²) in [5.74, 6) is -1.42. The molecule has 2 aromatic rings. The van der Waals surface area contributed by atoms with Crippen molar-refractivity contribution in [3.8, 4) is 0 Å². The predicted molar refractivity (Wildman–Crippen MR) is 170 cm³/mol. The van der Waals surface area contributed by atoms with Crippen molar-refractivity contribution in [2.45, 2.75) is 52.6 Å². The van der Waals surface area contributed by atoms with E-state index in [-0.39, 0.29) is 42.3 Å². The van der Waals surface area contributed by atoms with Crippen LogP contribution in [0.15, 0.2) is 58.3 Å². The lowest BCUT2D eigenvalue weighted by atomic mass is 10.1. The van der Waals surface area contributed by atoms with Crippen molar-refractivity contribution in [2.24, 2.45) is 0 Å². The fourth-order valence-corrected chi connectivity index (χ4v) is 6.60. The number of thiocarbonyl (C=S) groups is 2. The fourth-order valence-electron chi connectivity index (χ4n) is 3.85.